The number of carbonyl (C=O) groups excluding carboxylic acids is 1. The van der Waals surface area contributed by atoms with Crippen LogP contribution in [0.3, 0.4) is 0 Å². The van der Waals surface area contributed by atoms with Crippen molar-refractivity contribution < 1.29 is 13.9 Å². The molecule has 0 unspecified atom stereocenters. The van der Waals surface area contributed by atoms with Crippen molar-refractivity contribution >= 4 is 16.9 Å². The first-order valence-corrected chi connectivity index (χ1v) is 13.7. The molecule has 0 fully saturated rings. The Morgan fingerprint density at radius 2 is 1.51 bits per heavy atom. The van der Waals surface area contributed by atoms with Crippen LogP contribution in [0.4, 0.5) is 0 Å². The van der Waals surface area contributed by atoms with Gasteiger partial charge in [-0.25, -0.2) is 4.79 Å². The molecular weight excluding hydrogens is 438 g/mol. The Bertz CT molecular complexity index is 947. The number of allylic oxidation sites excluding steroid dienone is 2. The van der Waals surface area contributed by atoms with Crippen molar-refractivity contribution in [1.82, 2.24) is 5.32 Å². The molecule has 0 saturated heterocycles. The quantitative estimate of drug-likeness (QED) is 0.127. The molecule has 35 heavy (non-hydrogen) atoms. The number of nitrogens with one attached hydrogen (secondary N) is 1. The Morgan fingerprint density at radius 1 is 0.886 bits per heavy atom. The van der Waals surface area contributed by atoms with Gasteiger partial charge < -0.3 is 14.5 Å². The molecule has 0 radical (unpaired) electrons. The molecule has 0 atom stereocenters. The summed E-state index contributed by atoms with van der Waals surface area (Å²) in [6, 6.07) is 6.75. The van der Waals surface area contributed by atoms with E-state index in [1.807, 2.05) is 13.0 Å². The zero-order valence-electron chi connectivity index (χ0n) is 21.9. The minimum Gasteiger partial charge on any atom is -0.484 e. The zero-order chi connectivity index (χ0) is 25.1. The third kappa shape index (κ3) is 12.6. The van der Waals surface area contributed by atoms with Crippen LogP contribution < -0.4 is 15.7 Å². The largest absolute Gasteiger partial charge is 0.484 e. The first-order valence-electron chi connectivity index (χ1n) is 13.7. The van der Waals surface area contributed by atoms with E-state index in [0.717, 1.165) is 23.8 Å². The Morgan fingerprint density at radius 3 is 2.20 bits per heavy atom. The molecule has 0 bridgehead atoms. The van der Waals surface area contributed by atoms with Crippen molar-refractivity contribution in [2.45, 2.75) is 104 Å². The smallest absolute Gasteiger partial charge is 0.336 e. The van der Waals surface area contributed by atoms with E-state index >= 15 is 0 Å². The Kier molecular flexibility index (Phi) is 14.6. The number of benzene rings is 1. The van der Waals surface area contributed by atoms with Gasteiger partial charge >= 0.3 is 5.63 Å². The summed E-state index contributed by atoms with van der Waals surface area (Å²) in [5, 5.41) is 3.77. The van der Waals surface area contributed by atoms with Crippen molar-refractivity contribution in [2.24, 2.45) is 0 Å². The van der Waals surface area contributed by atoms with Gasteiger partial charge in [0.2, 0.25) is 0 Å². The fraction of sp³-hybridized carbons (Fsp3) is 0.600. The summed E-state index contributed by atoms with van der Waals surface area (Å²) in [6.07, 6.45) is 22.6. The lowest BCUT2D eigenvalue weighted by atomic mass is 10.1. The van der Waals surface area contributed by atoms with Gasteiger partial charge in [-0.1, -0.05) is 76.9 Å². The standard InChI is InChI=1S/C30H45NO4/c1-3-4-5-6-7-8-9-10-11-12-13-14-15-16-17-18-21-31-29(32)24-34-26-19-20-27-25(2)22-30(33)35-28(27)23-26/h10-11,19-20,22-23H,3-9,12-18,21,24H2,1-2H3,(H,31,32)/b11-10-. The number of ether oxygens (including phenoxy) is 1. The van der Waals surface area contributed by atoms with E-state index in [0.29, 0.717) is 17.9 Å². The second kappa shape index (κ2) is 17.8. The molecule has 0 aliphatic carbocycles. The third-order valence-corrected chi connectivity index (χ3v) is 6.30. The molecule has 1 aromatic heterocycles. The van der Waals surface area contributed by atoms with Crippen LogP contribution in [0.2, 0.25) is 0 Å². The van der Waals surface area contributed by atoms with Gasteiger partial charge in [0.25, 0.3) is 5.91 Å². The number of hydrogen-bond donors (Lipinski definition) is 1. The molecule has 2 aromatic rings. The van der Waals surface area contributed by atoms with Crippen LogP contribution in [0.15, 0.2) is 45.6 Å². The Labute approximate surface area is 211 Å². The van der Waals surface area contributed by atoms with Gasteiger partial charge in [0, 0.05) is 24.1 Å². The average Bonchev–Trinajstić information content (AvgIpc) is 2.84. The molecule has 0 spiro atoms. The predicted molar refractivity (Wildman–Crippen MR) is 145 cm³/mol. The van der Waals surface area contributed by atoms with Gasteiger partial charge in [-0.15, -0.1) is 0 Å². The van der Waals surface area contributed by atoms with E-state index in [1.54, 1.807) is 12.1 Å². The highest BCUT2D eigenvalue weighted by atomic mass is 16.5. The molecule has 0 aliphatic rings. The molecule has 5 nitrogen and oxygen atoms in total. The molecule has 0 saturated carbocycles. The zero-order valence-corrected chi connectivity index (χ0v) is 21.9. The lowest BCUT2D eigenvalue weighted by Crippen LogP contribution is -2.29. The normalized spacial score (nSPS) is 11.4. The van der Waals surface area contributed by atoms with Gasteiger partial charge in [0.15, 0.2) is 6.61 Å². The Hall–Kier alpha value is -2.56. The van der Waals surface area contributed by atoms with E-state index in [9.17, 15) is 9.59 Å². The molecule has 5 heteroatoms. The molecule has 1 amide bonds. The first kappa shape index (κ1) is 28.7. The maximum atomic E-state index is 12.0. The first-order chi connectivity index (χ1) is 17.1. The third-order valence-electron chi connectivity index (χ3n) is 6.30. The number of rotatable bonds is 19. The average molecular weight is 484 g/mol. The highest BCUT2D eigenvalue weighted by Crippen LogP contribution is 2.22. The fourth-order valence-corrected chi connectivity index (χ4v) is 4.20. The second-order valence-electron chi connectivity index (χ2n) is 9.48. The van der Waals surface area contributed by atoms with Crippen molar-refractivity contribution in [3.8, 4) is 5.75 Å². The van der Waals surface area contributed by atoms with E-state index in [4.69, 9.17) is 9.15 Å². The number of aryl methyl sites for hydroxylation is 1. The number of carbonyl (C=O) groups is 1. The second-order valence-corrected chi connectivity index (χ2v) is 9.48. The van der Waals surface area contributed by atoms with Gasteiger partial charge in [0.1, 0.15) is 11.3 Å². The summed E-state index contributed by atoms with van der Waals surface area (Å²) in [5.41, 5.74) is 0.939. The fourth-order valence-electron chi connectivity index (χ4n) is 4.20. The minimum absolute atomic E-state index is 0.0477. The van der Waals surface area contributed by atoms with Gasteiger partial charge in [-0.2, -0.15) is 0 Å². The number of amides is 1. The number of fused-ring (bicyclic) bond motifs is 1. The molecular formula is C30H45NO4. The summed E-state index contributed by atoms with van der Waals surface area (Å²) in [4.78, 5) is 23.6. The summed E-state index contributed by atoms with van der Waals surface area (Å²) in [7, 11) is 0. The van der Waals surface area contributed by atoms with Gasteiger partial charge in [0.05, 0.1) is 0 Å². The minimum atomic E-state index is -0.388. The van der Waals surface area contributed by atoms with Crippen LogP contribution in [-0.2, 0) is 4.79 Å². The van der Waals surface area contributed by atoms with E-state index in [-0.39, 0.29) is 18.1 Å². The Balaban J connectivity index is 1.42. The van der Waals surface area contributed by atoms with Crippen molar-refractivity contribution in [2.75, 3.05) is 13.2 Å². The van der Waals surface area contributed by atoms with Gasteiger partial charge in [-0.05, 0) is 56.7 Å². The maximum Gasteiger partial charge on any atom is 0.336 e. The van der Waals surface area contributed by atoms with Crippen LogP contribution in [0.25, 0.3) is 11.0 Å². The highest BCUT2D eigenvalue weighted by molar-refractivity contribution is 5.81. The number of hydrogen-bond acceptors (Lipinski definition) is 4. The summed E-state index contributed by atoms with van der Waals surface area (Å²) in [6.45, 7) is 4.76. The highest BCUT2D eigenvalue weighted by Gasteiger charge is 2.06. The van der Waals surface area contributed by atoms with Crippen LogP contribution in [-0.4, -0.2) is 19.1 Å². The monoisotopic (exact) mass is 483 g/mol. The topological polar surface area (TPSA) is 68.5 Å². The summed E-state index contributed by atoms with van der Waals surface area (Å²) < 4.78 is 10.8. The molecule has 2 rings (SSSR count). The van der Waals surface area contributed by atoms with E-state index < -0.39 is 0 Å². The lowest BCUT2D eigenvalue weighted by Gasteiger charge is -2.08. The van der Waals surface area contributed by atoms with E-state index in [1.165, 1.54) is 83.1 Å². The molecule has 194 valence electrons. The van der Waals surface area contributed by atoms with Crippen LogP contribution >= 0.6 is 0 Å². The molecule has 1 heterocycles. The molecule has 0 aliphatic heterocycles. The van der Waals surface area contributed by atoms with Crippen molar-refractivity contribution in [3.63, 3.8) is 0 Å². The summed E-state index contributed by atoms with van der Waals surface area (Å²) >= 11 is 0. The van der Waals surface area contributed by atoms with Gasteiger partial charge in [-0.3, -0.25) is 4.79 Å². The van der Waals surface area contributed by atoms with Crippen molar-refractivity contribution in [3.05, 3.63) is 52.4 Å². The number of unbranched alkanes of at least 4 members (excludes halogenated alkanes) is 12. The van der Waals surface area contributed by atoms with E-state index in [2.05, 4.69) is 24.4 Å². The SMILES string of the molecule is CCCCCCCC/C=C\CCCCCCCCNC(=O)COc1ccc2c(C)cc(=O)oc2c1. The lowest BCUT2D eigenvalue weighted by molar-refractivity contribution is -0.123. The van der Waals surface area contributed by atoms with Crippen LogP contribution in [0, 0.1) is 6.92 Å². The van der Waals surface area contributed by atoms with Crippen LogP contribution in [0.5, 0.6) is 5.75 Å². The summed E-state index contributed by atoms with van der Waals surface area (Å²) in [5.74, 6) is 0.377. The van der Waals surface area contributed by atoms with Crippen LogP contribution in [0.1, 0.15) is 102 Å². The molecule has 1 N–H and O–H groups in total. The predicted octanol–water partition coefficient (Wildman–Crippen LogP) is 7.63. The maximum absolute atomic E-state index is 12.0. The molecule has 1 aromatic carbocycles. The van der Waals surface area contributed by atoms with Crippen molar-refractivity contribution in [1.29, 1.82) is 0 Å².